The summed E-state index contributed by atoms with van der Waals surface area (Å²) in [5.74, 6) is 1.03. The minimum absolute atomic E-state index is 0.190. The zero-order chi connectivity index (χ0) is 30.6. The summed E-state index contributed by atoms with van der Waals surface area (Å²) in [4.78, 5) is 39.0. The van der Waals surface area contributed by atoms with Crippen LogP contribution >= 0.6 is 0 Å². The molecule has 0 unspecified atom stereocenters. The highest BCUT2D eigenvalue weighted by Gasteiger charge is 2.18. The molecule has 0 aliphatic rings. The first-order chi connectivity index (χ1) is 20.9. The zero-order valence-electron chi connectivity index (χ0n) is 25.0. The smallest absolute Gasteiger partial charge is 0.305 e. The van der Waals surface area contributed by atoms with Gasteiger partial charge in [0, 0.05) is 18.4 Å². The van der Waals surface area contributed by atoms with Crippen LogP contribution in [0.4, 0.5) is 0 Å². The van der Waals surface area contributed by atoms with E-state index in [9.17, 15) is 14.9 Å². The largest absolute Gasteiger partial charge is 0.490 e. The van der Waals surface area contributed by atoms with Crippen molar-refractivity contribution in [3.8, 4) is 28.9 Å². The third kappa shape index (κ3) is 8.13. The van der Waals surface area contributed by atoms with E-state index in [0.29, 0.717) is 68.0 Å². The lowest BCUT2D eigenvalue weighted by atomic mass is 9.97. The van der Waals surface area contributed by atoms with Crippen molar-refractivity contribution in [2.24, 2.45) is 0 Å². The molecule has 2 heterocycles. The van der Waals surface area contributed by atoms with Crippen LogP contribution in [0.3, 0.4) is 0 Å². The van der Waals surface area contributed by atoms with Gasteiger partial charge in [0.25, 0.3) is 5.56 Å². The van der Waals surface area contributed by atoms with Crippen molar-refractivity contribution in [2.75, 3.05) is 13.2 Å². The summed E-state index contributed by atoms with van der Waals surface area (Å²) in [5.41, 5.74) is 4.63. The van der Waals surface area contributed by atoms with Crippen LogP contribution in [-0.4, -0.2) is 38.7 Å². The van der Waals surface area contributed by atoms with E-state index >= 15 is 0 Å². The number of benzene rings is 2. The first-order valence-electron chi connectivity index (χ1n) is 14.8. The van der Waals surface area contributed by atoms with E-state index in [2.05, 4.69) is 23.0 Å². The number of nitrogens with zero attached hydrogens (tertiary/aromatic N) is 5. The quantitative estimate of drug-likeness (QED) is 0.133. The lowest BCUT2D eigenvalue weighted by Crippen LogP contribution is -2.29. The average molecular weight is 580 g/mol. The summed E-state index contributed by atoms with van der Waals surface area (Å²) in [6, 6.07) is 17.7. The molecule has 9 heteroatoms. The highest BCUT2D eigenvalue weighted by Crippen LogP contribution is 2.24. The molecule has 0 saturated carbocycles. The Morgan fingerprint density at radius 1 is 1.00 bits per heavy atom. The van der Waals surface area contributed by atoms with Crippen LogP contribution in [0.1, 0.15) is 74.2 Å². The third-order valence-electron chi connectivity index (χ3n) is 7.05. The monoisotopic (exact) mass is 579 g/mol. The number of nitriles is 1. The molecule has 2 aromatic heterocycles. The minimum Gasteiger partial charge on any atom is -0.490 e. The molecule has 0 spiro atoms. The SMILES string of the molecule is CCCCc1nc(C)n(-c2ncc(OCCCCC(=O)OCC)cn2)c(=O)c1Cc1ccc(-c2ccccc2C#N)cc1. The van der Waals surface area contributed by atoms with E-state index in [1.165, 1.54) is 4.57 Å². The number of unbranched alkanes of at least 4 members (excludes halogenated alkanes) is 2. The van der Waals surface area contributed by atoms with Gasteiger partial charge < -0.3 is 9.47 Å². The van der Waals surface area contributed by atoms with Gasteiger partial charge >= 0.3 is 5.97 Å². The Morgan fingerprint density at radius 3 is 2.44 bits per heavy atom. The number of esters is 1. The molecule has 0 atom stereocenters. The number of hydrogen-bond donors (Lipinski definition) is 0. The van der Waals surface area contributed by atoms with E-state index < -0.39 is 0 Å². The first kappa shape index (κ1) is 31.1. The molecule has 0 radical (unpaired) electrons. The number of ether oxygens (including phenoxy) is 2. The lowest BCUT2D eigenvalue weighted by molar-refractivity contribution is -0.143. The van der Waals surface area contributed by atoms with Gasteiger partial charge in [-0.25, -0.2) is 19.5 Å². The highest BCUT2D eigenvalue weighted by atomic mass is 16.5. The van der Waals surface area contributed by atoms with Gasteiger partial charge in [0.05, 0.1) is 42.9 Å². The van der Waals surface area contributed by atoms with Crippen LogP contribution in [0, 0.1) is 18.3 Å². The van der Waals surface area contributed by atoms with Crippen molar-refractivity contribution in [2.45, 2.75) is 65.7 Å². The number of hydrogen-bond acceptors (Lipinski definition) is 8. The van der Waals surface area contributed by atoms with Crippen LogP contribution in [0.2, 0.25) is 0 Å². The molecule has 0 aliphatic carbocycles. The molecule has 0 fully saturated rings. The second-order valence-corrected chi connectivity index (χ2v) is 10.2. The number of aromatic nitrogens is 4. The molecular weight excluding hydrogens is 542 g/mol. The second kappa shape index (κ2) is 15.4. The summed E-state index contributed by atoms with van der Waals surface area (Å²) in [6.07, 6.45) is 7.84. The molecule has 0 saturated heterocycles. The molecule has 4 rings (SSSR count). The van der Waals surface area contributed by atoms with Gasteiger partial charge in [0.15, 0.2) is 5.75 Å². The van der Waals surface area contributed by atoms with E-state index in [-0.39, 0.29) is 17.5 Å². The first-order valence-corrected chi connectivity index (χ1v) is 14.8. The predicted octanol–water partition coefficient (Wildman–Crippen LogP) is 5.92. The average Bonchev–Trinajstić information content (AvgIpc) is 3.02. The Morgan fingerprint density at radius 2 is 1.74 bits per heavy atom. The normalized spacial score (nSPS) is 10.7. The lowest BCUT2D eigenvalue weighted by Gasteiger charge is -2.15. The Balaban J connectivity index is 1.53. The Kier molecular flexibility index (Phi) is 11.1. The maximum atomic E-state index is 13.9. The van der Waals surface area contributed by atoms with Gasteiger partial charge in [0.1, 0.15) is 5.82 Å². The van der Waals surface area contributed by atoms with Crippen molar-refractivity contribution < 1.29 is 14.3 Å². The van der Waals surface area contributed by atoms with Crippen LogP contribution in [0.5, 0.6) is 5.75 Å². The predicted molar refractivity (Wildman–Crippen MR) is 164 cm³/mol. The molecule has 222 valence electrons. The summed E-state index contributed by atoms with van der Waals surface area (Å²) in [5, 5.41) is 9.48. The van der Waals surface area contributed by atoms with Crippen LogP contribution in [0.25, 0.3) is 17.1 Å². The van der Waals surface area contributed by atoms with Crippen LogP contribution in [-0.2, 0) is 22.4 Å². The fourth-order valence-electron chi connectivity index (χ4n) is 4.81. The van der Waals surface area contributed by atoms with Crippen molar-refractivity contribution in [1.82, 2.24) is 19.5 Å². The fourth-order valence-corrected chi connectivity index (χ4v) is 4.81. The zero-order valence-corrected chi connectivity index (χ0v) is 25.0. The molecule has 0 N–H and O–H groups in total. The number of carbonyl (C=O) groups excluding carboxylic acids is 1. The number of carbonyl (C=O) groups is 1. The van der Waals surface area contributed by atoms with Crippen molar-refractivity contribution >= 4 is 5.97 Å². The van der Waals surface area contributed by atoms with Crippen molar-refractivity contribution in [1.29, 1.82) is 5.26 Å². The van der Waals surface area contributed by atoms with Gasteiger partial charge in [-0.1, -0.05) is 55.8 Å². The van der Waals surface area contributed by atoms with E-state index in [1.807, 2.05) is 42.5 Å². The standard InChI is InChI=1S/C34H37N5O4/c1-4-6-13-31-30(20-25-15-17-26(18-16-25)29-12-8-7-11-27(29)21-35)33(41)39(24(3)38-31)34-36-22-28(23-37-34)43-19-10-9-14-32(40)42-5-2/h7-8,11-12,15-18,22-23H,4-6,9-10,13-14,19-20H2,1-3H3. The maximum absolute atomic E-state index is 13.9. The summed E-state index contributed by atoms with van der Waals surface area (Å²) in [6.45, 7) is 6.49. The van der Waals surface area contributed by atoms with Crippen molar-refractivity contribution in [3.63, 3.8) is 0 Å². The molecule has 4 aromatic rings. The second-order valence-electron chi connectivity index (χ2n) is 10.2. The van der Waals surface area contributed by atoms with Crippen LogP contribution in [0.15, 0.2) is 65.7 Å². The summed E-state index contributed by atoms with van der Waals surface area (Å²) >= 11 is 0. The van der Waals surface area contributed by atoms with Gasteiger partial charge in [-0.05, 0) is 62.3 Å². The third-order valence-corrected chi connectivity index (χ3v) is 7.05. The van der Waals surface area contributed by atoms with E-state index in [0.717, 1.165) is 35.2 Å². The van der Waals surface area contributed by atoms with Crippen molar-refractivity contribution in [3.05, 3.63) is 99.5 Å². The molecule has 9 nitrogen and oxygen atoms in total. The molecule has 43 heavy (non-hydrogen) atoms. The summed E-state index contributed by atoms with van der Waals surface area (Å²) < 4.78 is 12.1. The minimum atomic E-state index is -0.205. The van der Waals surface area contributed by atoms with Crippen LogP contribution < -0.4 is 10.3 Å². The number of rotatable bonds is 14. The summed E-state index contributed by atoms with van der Waals surface area (Å²) in [7, 11) is 0. The van der Waals surface area contributed by atoms with Gasteiger partial charge in [-0.15, -0.1) is 0 Å². The Bertz CT molecular complexity index is 1620. The molecule has 0 amide bonds. The van der Waals surface area contributed by atoms with E-state index in [1.54, 1.807) is 32.3 Å². The topological polar surface area (TPSA) is 120 Å². The van der Waals surface area contributed by atoms with Gasteiger partial charge in [-0.3, -0.25) is 9.59 Å². The maximum Gasteiger partial charge on any atom is 0.305 e. The molecule has 0 bridgehead atoms. The van der Waals surface area contributed by atoms with E-state index in [4.69, 9.17) is 14.5 Å². The molecule has 2 aromatic carbocycles. The fraction of sp³-hybridized carbons (Fsp3) is 0.353. The van der Waals surface area contributed by atoms with Gasteiger partial charge in [0.2, 0.25) is 5.95 Å². The number of aryl methyl sites for hydroxylation is 2. The van der Waals surface area contributed by atoms with Gasteiger partial charge in [-0.2, -0.15) is 5.26 Å². The Hall–Kier alpha value is -4.84. The molecule has 0 aliphatic heterocycles. The highest BCUT2D eigenvalue weighted by molar-refractivity contribution is 5.70. The molecular formula is C34H37N5O4. The Labute approximate surface area is 252 Å².